The molecule has 0 unspecified atom stereocenters. The number of benzene rings is 1. The minimum Gasteiger partial charge on any atom is -0.494 e. The van der Waals surface area contributed by atoms with E-state index in [1.165, 1.54) is 0 Å². The van der Waals surface area contributed by atoms with E-state index in [1.807, 2.05) is 60.1 Å². The Bertz CT molecular complexity index is 1150. The molecule has 3 heterocycles. The number of ether oxygens (including phenoxy) is 1. The van der Waals surface area contributed by atoms with E-state index in [4.69, 9.17) is 4.74 Å². The molecule has 1 N–H and O–H groups in total. The summed E-state index contributed by atoms with van der Waals surface area (Å²) in [5.74, 6) is 1.25. The second-order valence-electron chi connectivity index (χ2n) is 6.56. The van der Waals surface area contributed by atoms with E-state index in [0.717, 1.165) is 28.0 Å². The Balaban J connectivity index is 1.65. The van der Waals surface area contributed by atoms with Crippen LogP contribution in [-0.4, -0.2) is 38.9 Å². The van der Waals surface area contributed by atoms with Crippen molar-refractivity contribution in [3.8, 4) is 28.4 Å². The van der Waals surface area contributed by atoms with Gasteiger partial charge in [0.15, 0.2) is 11.6 Å². The highest BCUT2D eigenvalue weighted by Crippen LogP contribution is 2.25. The van der Waals surface area contributed by atoms with Crippen molar-refractivity contribution in [2.45, 2.75) is 13.3 Å². The predicted molar refractivity (Wildman–Crippen MR) is 111 cm³/mol. The summed E-state index contributed by atoms with van der Waals surface area (Å²) in [5.41, 5.74) is 4.60. The first kappa shape index (κ1) is 18.6. The van der Waals surface area contributed by atoms with Crippen LogP contribution in [0.1, 0.15) is 12.5 Å². The molecule has 7 heteroatoms. The molecule has 0 atom stereocenters. The van der Waals surface area contributed by atoms with Crippen molar-refractivity contribution in [1.29, 1.82) is 0 Å². The number of nitrogens with one attached hydrogen (secondary N) is 1. The van der Waals surface area contributed by atoms with Crippen LogP contribution in [-0.2, 0) is 11.2 Å². The highest BCUT2D eigenvalue weighted by Gasteiger charge is 2.10. The second-order valence-corrected chi connectivity index (χ2v) is 6.56. The van der Waals surface area contributed by atoms with Gasteiger partial charge < -0.3 is 10.1 Å². The van der Waals surface area contributed by atoms with E-state index in [0.29, 0.717) is 24.5 Å². The van der Waals surface area contributed by atoms with Crippen molar-refractivity contribution in [3.05, 3.63) is 66.7 Å². The van der Waals surface area contributed by atoms with Crippen LogP contribution in [0.5, 0.6) is 5.75 Å². The van der Waals surface area contributed by atoms with Crippen LogP contribution < -0.4 is 10.1 Å². The molecule has 3 aromatic heterocycles. The number of carbonyl (C=O) groups is 1. The molecule has 0 radical (unpaired) electrons. The molecule has 1 aromatic carbocycles. The van der Waals surface area contributed by atoms with E-state index in [1.54, 1.807) is 19.5 Å². The third-order valence-electron chi connectivity index (χ3n) is 4.60. The van der Waals surface area contributed by atoms with Gasteiger partial charge in [0, 0.05) is 23.9 Å². The Morgan fingerprint density at radius 1 is 1.07 bits per heavy atom. The summed E-state index contributed by atoms with van der Waals surface area (Å²) in [6, 6.07) is 11.9. The van der Waals surface area contributed by atoms with E-state index >= 15 is 0 Å². The number of imidazole rings is 1. The average molecular weight is 387 g/mol. The molecule has 1 amide bonds. The average Bonchev–Trinajstić information content (AvgIpc) is 3.17. The van der Waals surface area contributed by atoms with Crippen LogP contribution in [0.15, 0.2) is 61.2 Å². The maximum atomic E-state index is 11.9. The Morgan fingerprint density at radius 3 is 2.66 bits per heavy atom. The summed E-state index contributed by atoms with van der Waals surface area (Å²) in [6.45, 7) is 2.55. The van der Waals surface area contributed by atoms with E-state index in [2.05, 4.69) is 20.3 Å². The zero-order valence-electron chi connectivity index (χ0n) is 16.3. The number of hydrogen-bond donors (Lipinski definition) is 1. The molecule has 0 bridgehead atoms. The molecule has 0 aliphatic carbocycles. The first-order chi connectivity index (χ1) is 14.2. The maximum absolute atomic E-state index is 11.9. The molecule has 4 rings (SSSR count). The zero-order valence-corrected chi connectivity index (χ0v) is 16.3. The van der Waals surface area contributed by atoms with Crippen LogP contribution in [0.2, 0.25) is 0 Å². The van der Waals surface area contributed by atoms with Gasteiger partial charge >= 0.3 is 0 Å². The van der Waals surface area contributed by atoms with Gasteiger partial charge in [0.05, 0.1) is 37.8 Å². The van der Waals surface area contributed by atoms with Gasteiger partial charge in [-0.05, 0) is 30.7 Å². The molecule has 7 nitrogen and oxygen atoms in total. The van der Waals surface area contributed by atoms with Gasteiger partial charge in [0.2, 0.25) is 5.91 Å². The molecule has 29 heavy (non-hydrogen) atoms. The molecule has 0 fully saturated rings. The summed E-state index contributed by atoms with van der Waals surface area (Å²) in [5, 5.41) is 2.83. The number of likely N-dealkylation sites (N-methyl/N-ethyl adjacent to an activating group) is 1. The Labute approximate surface area is 168 Å². The lowest BCUT2D eigenvalue weighted by atomic mass is 10.1. The fourth-order valence-electron chi connectivity index (χ4n) is 3.19. The number of hydrogen-bond acceptors (Lipinski definition) is 5. The highest BCUT2D eigenvalue weighted by molar-refractivity contribution is 5.79. The fourth-order valence-corrected chi connectivity index (χ4v) is 3.19. The largest absolute Gasteiger partial charge is 0.494 e. The van der Waals surface area contributed by atoms with Crippen LogP contribution >= 0.6 is 0 Å². The lowest BCUT2D eigenvalue weighted by Crippen LogP contribution is -2.24. The monoisotopic (exact) mass is 387 g/mol. The third kappa shape index (κ3) is 3.94. The number of fused-ring (bicyclic) bond motifs is 1. The van der Waals surface area contributed by atoms with Gasteiger partial charge in [-0.3, -0.25) is 9.20 Å². The maximum Gasteiger partial charge on any atom is 0.224 e. The van der Waals surface area contributed by atoms with E-state index in [9.17, 15) is 4.79 Å². The number of carbonyl (C=O) groups excluding carboxylic acids is 1. The molecule has 0 aliphatic heterocycles. The lowest BCUT2D eigenvalue weighted by molar-refractivity contribution is -0.120. The summed E-state index contributed by atoms with van der Waals surface area (Å²) >= 11 is 0. The van der Waals surface area contributed by atoms with Crippen LogP contribution in [0, 0.1) is 0 Å². The molecule has 0 saturated carbocycles. The van der Waals surface area contributed by atoms with Crippen LogP contribution in [0.4, 0.5) is 0 Å². The molecule has 0 saturated heterocycles. The SMILES string of the molecule is CCNC(=O)Cc1cccc(-c2cnc3cc(-c4ncc(OC)cn4)ccn23)c1. The number of rotatable bonds is 6. The van der Waals surface area contributed by atoms with Gasteiger partial charge in [0.1, 0.15) is 5.65 Å². The highest BCUT2D eigenvalue weighted by atomic mass is 16.5. The summed E-state index contributed by atoms with van der Waals surface area (Å²) in [4.78, 5) is 25.1. The minimum absolute atomic E-state index is 0.0203. The number of methoxy groups -OCH3 is 1. The first-order valence-corrected chi connectivity index (χ1v) is 9.37. The van der Waals surface area contributed by atoms with Crippen molar-refractivity contribution in [3.63, 3.8) is 0 Å². The van der Waals surface area contributed by atoms with Gasteiger partial charge in [0.25, 0.3) is 0 Å². The quantitative estimate of drug-likeness (QED) is 0.550. The molecule has 4 aromatic rings. The Hall–Kier alpha value is -3.74. The molecule has 146 valence electrons. The van der Waals surface area contributed by atoms with Crippen molar-refractivity contribution in [2.24, 2.45) is 0 Å². The molecular weight excluding hydrogens is 366 g/mol. The smallest absolute Gasteiger partial charge is 0.224 e. The second kappa shape index (κ2) is 8.10. The van der Waals surface area contributed by atoms with Crippen molar-refractivity contribution >= 4 is 11.6 Å². The predicted octanol–water partition coefficient (Wildman–Crippen LogP) is 3.15. The standard InChI is InChI=1S/C22H21N5O2/c1-3-23-21(28)10-15-5-4-6-16(9-15)19-14-24-20-11-17(7-8-27(19)20)22-25-12-18(29-2)13-26-22/h4-9,11-14H,3,10H2,1-2H3,(H,23,28). The Morgan fingerprint density at radius 2 is 1.90 bits per heavy atom. The molecule has 0 aliphatic rings. The van der Waals surface area contributed by atoms with Crippen LogP contribution in [0.3, 0.4) is 0 Å². The number of amides is 1. The third-order valence-corrected chi connectivity index (χ3v) is 4.60. The number of nitrogens with zero attached hydrogens (tertiary/aromatic N) is 4. The van der Waals surface area contributed by atoms with Crippen molar-refractivity contribution < 1.29 is 9.53 Å². The van der Waals surface area contributed by atoms with Gasteiger partial charge in [-0.15, -0.1) is 0 Å². The number of pyridine rings is 1. The summed E-state index contributed by atoms with van der Waals surface area (Å²) in [7, 11) is 1.59. The van der Waals surface area contributed by atoms with Crippen molar-refractivity contribution in [2.75, 3.05) is 13.7 Å². The molecule has 0 spiro atoms. The van der Waals surface area contributed by atoms with Gasteiger partial charge in [-0.25, -0.2) is 15.0 Å². The molecular formula is C22H21N5O2. The summed E-state index contributed by atoms with van der Waals surface area (Å²) < 4.78 is 7.12. The summed E-state index contributed by atoms with van der Waals surface area (Å²) in [6.07, 6.45) is 7.43. The topological polar surface area (TPSA) is 81.4 Å². The van der Waals surface area contributed by atoms with Crippen molar-refractivity contribution in [1.82, 2.24) is 24.7 Å². The van der Waals surface area contributed by atoms with Crippen LogP contribution in [0.25, 0.3) is 28.3 Å². The van der Waals surface area contributed by atoms with Gasteiger partial charge in [-0.1, -0.05) is 18.2 Å². The normalized spacial score (nSPS) is 10.8. The van der Waals surface area contributed by atoms with E-state index in [-0.39, 0.29) is 5.91 Å². The number of aromatic nitrogens is 4. The zero-order chi connectivity index (χ0) is 20.2. The first-order valence-electron chi connectivity index (χ1n) is 9.37. The van der Waals surface area contributed by atoms with E-state index < -0.39 is 0 Å². The fraction of sp³-hybridized carbons (Fsp3) is 0.182. The lowest BCUT2D eigenvalue weighted by Gasteiger charge is -2.07. The Kier molecular flexibility index (Phi) is 5.20. The minimum atomic E-state index is 0.0203. The van der Waals surface area contributed by atoms with Gasteiger partial charge in [-0.2, -0.15) is 0 Å².